The third-order valence-corrected chi connectivity index (χ3v) is 4.09. The van der Waals surface area contributed by atoms with Gasteiger partial charge >= 0.3 is 0 Å². The number of nitrogens with zero attached hydrogens (tertiary/aromatic N) is 2. The third-order valence-electron chi connectivity index (χ3n) is 4.09. The Kier molecular flexibility index (Phi) is 2.71. The van der Waals surface area contributed by atoms with E-state index < -0.39 is 0 Å². The third kappa shape index (κ3) is 2.52. The van der Waals surface area contributed by atoms with Gasteiger partial charge in [-0.25, -0.2) is 5.01 Å². The van der Waals surface area contributed by atoms with Gasteiger partial charge in [-0.2, -0.15) is 0 Å². The number of nitrogens with one attached hydrogen (secondary N) is 1. The van der Waals surface area contributed by atoms with Crippen molar-refractivity contribution in [1.29, 1.82) is 0 Å². The lowest BCUT2D eigenvalue weighted by atomic mass is 10.1. The molecular formula is C12H23N3. The predicted octanol–water partition coefficient (Wildman–Crippen LogP) is 0.927. The van der Waals surface area contributed by atoms with Crippen LogP contribution in [-0.2, 0) is 0 Å². The molecule has 3 rings (SSSR count). The highest BCUT2D eigenvalue weighted by Crippen LogP contribution is 2.44. The van der Waals surface area contributed by atoms with Crippen molar-refractivity contribution >= 4 is 0 Å². The van der Waals surface area contributed by atoms with Gasteiger partial charge in [-0.05, 0) is 44.6 Å². The summed E-state index contributed by atoms with van der Waals surface area (Å²) < 4.78 is 0. The smallest absolute Gasteiger partial charge is 0.0271 e. The molecule has 0 bridgehead atoms. The van der Waals surface area contributed by atoms with Crippen LogP contribution in [0, 0.1) is 11.8 Å². The number of hydrogen-bond acceptors (Lipinski definition) is 3. The average Bonchev–Trinajstić information content (AvgIpc) is 3.11. The molecule has 86 valence electrons. The molecule has 2 saturated carbocycles. The Morgan fingerprint density at radius 3 is 1.93 bits per heavy atom. The topological polar surface area (TPSA) is 18.5 Å². The van der Waals surface area contributed by atoms with Crippen molar-refractivity contribution in [2.45, 2.75) is 31.7 Å². The van der Waals surface area contributed by atoms with E-state index >= 15 is 0 Å². The Labute approximate surface area is 92.8 Å². The Balaban J connectivity index is 1.49. The quantitative estimate of drug-likeness (QED) is 0.743. The van der Waals surface area contributed by atoms with Crippen LogP contribution in [0.2, 0.25) is 0 Å². The zero-order valence-corrected chi connectivity index (χ0v) is 9.78. The molecule has 0 spiro atoms. The monoisotopic (exact) mass is 209 g/mol. The highest BCUT2D eigenvalue weighted by molar-refractivity contribution is 4.96. The van der Waals surface area contributed by atoms with E-state index in [-0.39, 0.29) is 0 Å². The van der Waals surface area contributed by atoms with Gasteiger partial charge in [0, 0.05) is 32.2 Å². The molecule has 15 heavy (non-hydrogen) atoms. The van der Waals surface area contributed by atoms with E-state index in [1.807, 2.05) is 0 Å². The summed E-state index contributed by atoms with van der Waals surface area (Å²) in [5.41, 5.74) is 3.81. The first-order valence-electron chi connectivity index (χ1n) is 6.52. The zero-order valence-electron chi connectivity index (χ0n) is 9.78. The molecule has 3 fully saturated rings. The van der Waals surface area contributed by atoms with E-state index in [4.69, 9.17) is 0 Å². The van der Waals surface area contributed by atoms with E-state index in [2.05, 4.69) is 22.4 Å². The first kappa shape index (κ1) is 10.1. The second-order valence-electron chi connectivity index (χ2n) is 5.62. The van der Waals surface area contributed by atoms with Crippen LogP contribution in [0.25, 0.3) is 0 Å². The Bertz CT molecular complexity index is 203. The molecule has 0 aromatic rings. The molecule has 0 radical (unpaired) electrons. The van der Waals surface area contributed by atoms with Crippen LogP contribution in [0.3, 0.4) is 0 Å². The molecule has 1 N–H and O–H groups in total. The summed E-state index contributed by atoms with van der Waals surface area (Å²) >= 11 is 0. The lowest BCUT2D eigenvalue weighted by Gasteiger charge is -2.35. The average molecular weight is 209 g/mol. The van der Waals surface area contributed by atoms with Crippen molar-refractivity contribution in [3.63, 3.8) is 0 Å². The number of likely N-dealkylation sites (N-methyl/N-ethyl adjacent to an activating group) is 1. The van der Waals surface area contributed by atoms with E-state index in [1.54, 1.807) is 0 Å². The minimum absolute atomic E-state index is 0.827. The van der Waals surface area contributed by atoms with Crippen LogP contribution in [-0.4, -0.2) is 49.2 Å². The molecule has 3 aliphatic rings. The Morgan fingerprint density at radius 1 is 0.933 bits per heavy atom. The van der Waals surface area contributed by atoms with E-state index in [0.717, 1.165) is 17.9 Å². The summed E-state index contributed by atoms with van der Waals surface area (Å²) in [4.78, 5) is 2.42. The highest BCUT2D eigenvalue weighted by atomic mass is 15.5. The summed E-state index contributed by atoms with van der Waals surface area (Å²) in [7, 11) is 2.22. The molecule has 1 aliphatic heterocycles. The maximum absolute atomic E-state index is 3.81. The van der Waals surface area contributed by atoms with Crippen molar-refractivity contribution in [3.05, 3.63) is 0 Å². The minimum atomic E-state index is 0.827. The maximum Gasteiger partial charge on any atom is 0.0271 e. The van der Waals surface area contributed by atoms with Gasteiger partial charge in [-0.1, -0.05) is 0 Å². The summed E-state index contributed by atoms with van der Waals surface area (Å²) in [5, 5.41) is 2.47. The fourth-order valence-corrected chi connectivity index (χ4v) is 2.65. The largest absolute Gasteiger partial charge is 0.304 e. The van der Waals surface area contributed by atoms with E-state index in [1.165, 1.54) is 51.9 Å². The SMILES string of the molecule is CN1CCN(NC(C2CC2)C2CC2)CC1. The summed E-state index contributed by atoms with van der Waals surface area (Å²) in [6, 6.07) is 0.827. The van der Waals surface area contributed by atoms with Gasteiger partial charge in [0.15, 0.2) is 0 Å². The van der Waals surface area contributed by atoms with Crippen LogP contribution in [0.15, 0.2) is 0 Å². The molecule has 0 amide bonds. The second kappa shape index (κ2) is 4.04. The van der Waals surface area contributed by atoms with Crippen molar-refractivity contribution in [2.75, 3.05) is 33.2 Å². The van der Waals surface area contributed by atoms with Crippen LogP contribution in [0.4, 0.5) is 0 Å². The van der Waals surface area contributed by atoms with Gasteiger partial charge in [-0.3, -0.25) is 5.43 Å². The van der Waals surface area contributed by atoms with Gasteiger partial charge in [-0.15, -0.1) is 0 Å². The van der Waals surface area contributed by atoms with Crippen LogP contribution in [0.1, 0.15) is 25.7 Å². The standard InChI is InChI=1S/C12H23N3/c1-14-6-8-15(9-7-14)13-12(10-2-3-10)11-4-5-11/h10-13H,2-9H2,1H3. The van der Waals surface area contributed by atoms with Crippen LogP contribution < -0.4 is 5.43 Å². The normalized spacial score (nSPS) is 30.0. The first-order chi connectivity index (χ1) is 7.33. The zero-order chi connectivity index (χ0) is 10.3. The Hall–Kier alpha value is -0.120. The van der Waals surface area contributed by atoms with Gasteiger partial charge in [0.05, 0.1) is 0 Å². The van der Waals surface area contributed by atoms with Crippen LogP contribution >= 0.6 is 0 Å². The molecule has 0 aromatic carbocycles. The molecule has 0 aromatic heterocycles. The molecule has 1 heterocycles. The van der Waals surface area contributed by atoms with Crippen molar-refractivity contribution in [3.8, 4) is 0 Å². The predicted molar refractivity (Wildman–Crippen MR) is 61.4 cm³/mol. The molecule has 3 heteroatoms. The summed E-state index contributed by atoms with van der Waals surface area (Å²) in [6.45, 7) is 4.84. The molecule has 1 saturated heterocycles. The molecule has 0 atom stereocenters. The van der Waals surface area contributed by atoms with Crippen molar-refractivity contribution in [2.24, 2.45) is 11.8 Å². The van der Waals surface area contributed by atoms with E-state index in [0.29, 0.717) is 0 Å². The number of hydrazine groups is 1. The van der Waals surface area contributed by atoms with E-state index in [9.17, 15) is 0 Å². The fraction of sp³-hybridized carbons (Fsp3) is 1.00. The molecular weight excluding hydrogens is 186 g/mol. The van der Waals surface area contributed by atoms with Gasteiger partial charge in [0.2, 0.25) is 0 Å². The van der Waals surface area contributed by atoms with Crippen molar-refractivity contribution in [1.82, 2.24) is 15.3 Å². The van der Waals surface area contributed by atoms with Crippen LogP contribution in [0.5, 0.6) is 0 Å². The van der Waals surface area contributed by atoms with Gasteiger partial charge < -0.3 is 4.90 Å². The molecule has 2 aliphatic carbocycles. The summed E-state index contributed by atoms with van der Waals surface area (Å²) in [5.74, 6) is 2.02. The number of rotatable bonds is 4. The second-order valence-corrected chi connectivity index (χ2v) is 5.62. The summed E-state index contributed by atoms with van der Waals surface area (Å²) in [6.07, 6.45) is 5.90. The lowest BCUT2D eigenvalue weighted by Crippen LogP contribution is -2.54. The fourth-order valence-electron chi connectivity index (χ4n) is 2.65. The molecule has 3 nitrogen and oxygen atoms in total. The Morgan fingerprint density at radius 2 is 1.47 bits per heavy atom. The van der Waals surface area contributed by atoms with Gasteiger partial charge in [0.25, 0.3) is 0 Å². The first-order valence-corrected chi connectivity index (χ1v) is 6.52. The maximum atomic E-state index is 3.81. The molecule has 0 unspecified atom stereocenters. The lowest BCUT2D eigenvalue weighted by molar-refractivity contribution is 0.0770. The number of hydrogen-bond donors (Lipinski definition) is 1. The van der Waals surface area contributed by atoms with Gasteiger partial charge in [0.1, 0.15) is 0 Å². The number of piperazine rings is 1. The highest BCUT2D eigenvalue weighted by Gasteiger charge is 2.42. The minimum Gasteiger partial charge on any atom is -0.304 e. The van der Waals surface area contributed by atoms with Crippen molar-refractivity contribution < 1.29 is 0 Å².